The smallest absolute Gasteiger partial charge is 0.245 e. The topological polar surface area (TPSA) is 110 Å². The standard InChI is InChI=1S/C10H20N4O3S/c1-3-8(4-5-15)6-12-18(16,17)9-7-14(2)13-10(9)11/h7-8,12,15H,3-6H2,1-2H3,(H2,11,13). The van der Waals surface area contributed by atoms with E-state index in [9.17, 15) is 8.42 Å². The van der Waals surface area contributed by atoms with Crippen LogP contribution in [0.3, 0.4) is 0 Å². The van der Waals surface area contributed by atoms with Crippen LogP contribution in [-0.4, -0.2) is 36.5 Å². The lowest BCUT2D eigenvalue weighted by atomic mass is 10.0. The summed E-state index contributed by atoms with van der Waals surface area (Å²) in [6, 6.07) is 0. The lowest BCUT2D eigenvalue weighted by Crippen LogP contribution is -2.30. The Morgan fingerprint density at radius 2 is 2.28 bits per heavy atom. The zero-order valence-corrected chi connectivity index (χ0v) is 11.4. The number of aliphatic hydroxyl groups is 1. The number of sulfonamides is 1. The van der Waals surface area contributed by atoms with E-state index in [2.05, 4.69) is 9.82 Å². The van der Waals surface area contributed by atoms with Gasteiger partial charge in [0.1, 0.15) is 4.90 Å². The Hall–Kier alpha value is -1.12. The second-order valence-corrected chi connectivity index (χ2v) is 5.93. The van der Waals surface area contributed by atoms with Crippen molar-refractivity contribution in [3.05, 3.63) is 6.20 Å². The molecule has 1 atom stereocenters. The molecule has 0 aliphatic heterocycles. The van der Waals surface area contributed by atoms with Crippen LogP contribution in [0, 0.1) is 5.92 Å². The fraction of sp³-hybridized carbons (Fsp3) is 0.700. The molecule has 18 heavy (non-hydrogen) atoms. The predicted octanol–water partition coefficient (Wildman–Crippen LogP) is -0.311. The Morgan fingerprint density at radius 1 is 1.61 bits per heavy atom. The first kappa shape index (κ1) is 14.9. The molecule has 0 saturated carbocycles. The molecule has 1 rings (SSSR count). The molecule has 0 amide bonds. The predicted molar refractivity (Wildman–Crippen MR) is 68.3 cm³/mol. The molecule has 8 heteroatoms. The fourth-order valence-corrected chi connectivity index (χ4v) is 2.85. The van der Waals surface area contributed by atoms with Gasteiger partial charge in [-0.3, -0.25) is 4.68 Å². The first-order valence-corrected chi connectivity index (χ1v) is 7.28. The van der Waals surface area contributed by atoms with Gasteiger partial charge in [0, 0.05) is 26.4 Å². The van der Waals surface area contributed by atoms with Gasteiger partial charge in [-0.25, -0.2) is 13.1 Å². The zero-order chi connectivity index (χ0) is 13.8. The normalized spacial score (nSPS) is 13.7. The van der Waals surface area contributed by atoms with Crippen LogP contribution in [0.15, 0.2) is 11.1 Å². The van der Waals surface area contributed by atoms with Crippen molar-refractivity contribution in [2.45, 2.75) is 24.7 Å². The van der Waals surface area contributed by atoms with E-state index in [1.54, 1.807) is 7.05 Å². The number of nitrogens with one attached hydrogen (secondary N) is 1. The van der Waals surface area contributed by atoms with Crippen molar-refractivity contribution in [1.82, 2.24) is 14.5 Å². The van der Waals surface area contributed by atoms with Crippen LogP contribution in [0.25, 0.3) is 0 Å². The molecule has 0 bridgehead atoms. The summed E-state index contributed by atoms with van der Waals surface area (Å²) in [7, 11) is -2.03. The van der Waals surface area contributed by atoms with Gasteiger partial charge in [-0.15, -0.1) is 0 Å². The molecule has 0 aliphatic carbocycles. The molecule has 1 unspecified atom stereocenters. The fourth-order valence-electron chi connectivity index (χ4n) is 1.63. The number of nitrogens with zero attached hydrogens (tertiary/aromatic N) is 2. The molecule has 1 aromatic heterocycles. The maximum atomic E-state index is 12.0. The Balaban J connectivity index is 2.74. The van der Waals surface area contributed by atoms with Crippen molar-refractivity contribution in [2.75, 3.05) is 18.9 Å². The number of aromatic nitrogens is 2. The first-order valence-electron chi connectivity index (χ1n) is 5.80. The van der Waals surface area contributed by atoms with Crippen LogP contribution >= 0.6 is 0 Å². The van der Waals surface area contributed by atoms with E-state index in [4.69, 9.17) is 10.8 Å². The van der Waals surface area contributed by atoms with E-state index in [-0.39, 0.29) is 29.8 Å². The van der Waals surface area contributed by atoms with E-state index >= 15 is 0 Å². The molecule has 0 radical (unpaired) electrons. The number of anilines is 1. The van der Waals surface area contributed by atoms with Crippen LogP contribution in [0.1, 0.15) is 19.8 Å². The van der Waals surface area contributed by atoms with Gasteiger partial charge in [-0.1, -0.05) is 13.3 Å². The van der Waals surface area contributed by atoms with E-state index in [1.165, 1.54) is 10.9 Å². The molecule has 104 valence electrons. The average molecular weight is 276 g/mol. The van der Waals surface area contributed by atoms with Crippen molar-refractivity contribution in [3.63, 3.8) is 0 Å². The zero-order valence-electron chi connectivity index (χ0n) is 10.6. The third-order valence-corrected chi connectivity index (χ3v) is 4.23. The van der Waals surface area contributed by atoms with Crippen LogP contribution in [0.2, 0.25) is 0 Å². The van der Waals surface area contributed by atoms with Crippen LogP contribution < -0.4 is 10.5 Å². The number of aryl methyl sites for hydroxylation is 1. The van der Waals surface area contributed by atoms with Gasteiger partial charge in [-0.05, 0) is 12.3 Å². The van der Waals surface area contributed by atoms with Crippen LogP contribution in [-0.2, 0) is 17.1 Å². The maximum absolute atomic E-state index is 12.0. The van der Waals surface area contributed by atoms with E-state index in [0.717, 1.165) is 6.42 Å². The summed E-state index contributed by atoms with van der Waals surface area (Å²) in [5, 5.41) is 12.6. The minimum absolute atomic E-state index is 0.0103. The van der Waals surface area contributed by atoms with Gasteiger partial charge in [-0.2, -0.15) is 5.10 Å². The molecule has 0 fully saturated rings. The summed E-state index contributed by atoms with van der Waals surface area (Å²) in [5.41, 5.74) is 5.53. The monoisotopic (exact) mass is 276 g/mol. The highest BCUT2D eigenvalue weighted by molar-refractivity contribution is 7.89. The highest BCUT2D eigenvalue weighted by Gasteiger charge is 2.21. The van der Waals surface area contributed by atoms with Crippen molar-refractivity contribution in [2.24, 2.45) is 13.0 Å². The van der Waals surface area contributed by atoms with Crippen LogP contribution in [0.4, 0.5) is 5.82 Å². The number of hydrogen-bond acceptors (Lipinski definition) is 5. The summed E-state index contributed by atoms with van der Waals surface area (Å²) in [6.07, 6.45) is 2.73. The summed E-state index contributed by atoms with van der Waals surface area (Å²) in [4.78, 5) is -0.0103. The van der Waals surface area contributed by atoms with Gasteiger partial charge < -0.3 is 10.8 Å². The Morgan fingerprint density at radius 3 is 2.72 bits per heavy atom. The number of nitrogen functional groups attached to an aromatic ring is 1. The SMILES string of the molecule is CCC(CCO)CNS(=O)(=O)c1cn(C)nc1N. The summed E-state index contributed by atoms with van der Waals surface area (Å²) >= 11 is 0. The minimum Gasteiger partial charge on any atom is -0.396 e. The average Bonchev–Trinajstić information content (AvgIpc) is 2.64. The van der Waals surface area contributed by atoms with E-state index < -0.39 is 10.0 Å². The van der Waals surface area contributed by atoms with Gasteiger partial charge in [0.25, 0.3) is 0 Å². The molecule has 0 saturated heterocycles. The lowest BCUT2D eigenvalue weighted by Gasteiger charge is -2.14. The van der Waals surface area contributed by atoms with Crippen molar-refractivity contribution < 1.29 is 13.5 Å². The van der Waals surface area contributed by atoms with Crippen LogP contribution in [0.5, 0.6) is 0 Å². The highest BCUT2D eigenvalue weighted by atomic mass is 32.2. The maximum Gasteiger partial charge on any atom is 0.245 e. The third kappa shape index (κ3) is 3.69. The van der Waals surface area contributed by atoms with Crippen molar-refractivity contribution in [1.29, 1.82) is 0 Å². The highest BCUT2D eigenvalue weighted by Crippen LogP contribution is 2.16. The summed E-state index contributed by atoms with van der Waals surface area (Å²) in [5.74, 6) is 0.0999. The van der Waals surface area contributed by atoms with Crippen molar-refractivity contribution >= 4 is 15.8 Å². The molecule has 0 spiro atoms. The summed E-state index contributed by atoms with van der Waals surface area (Å²) < 4.78 is 27.8. The van der Waals surface area contributed by atoms with Crippen molar-refractivity contribution in [3.8, 4) is 0 Å². The number of aliphatic hydroxyl groups excluding tert-OH is 1. The molecule has 0 aromatic carbocycles. The number of nitrogens with two attached hydrogens (primary N) is 1. The van der Waals surface area contributed by atoms with Gasteiger partial charge in [0.2, 0.25) is 10.0 Å². The molecular weight excluding hydrogens is 256 g/mol. The quantitative estimate of drug-likeness (QED) is 0.632. The van der Waals surface area contributed by atoms with E-state index in [1.807, 2.05) is 6.92 Å². The Kier molecular flexibility index (Phi) is 5.12. The molecule has 1 heterocycles. The molecule has 4 N–H and O–H groups in total. The first-order chi connectivity index (χ1) is 8.40. The van der Waals surface area contributed by atoms with Gasteiger partial charge in [0.15, 0.2) is 5.82 Å². The lowest BCUT2D eigenvalue weighted by molar-refractivity contribution is 0.254. The molecule has 0 aliphatic rings. The van der Waals surface area contributed by atoms with Gasteiger partial charge >= 0.3 is 0 Å². The second kappa shape index (κ2) is 6.17. The largest absolute Gasteiger partial charge is 0.396 e. The second-order valence-electron chi connectivity index (χ2n) is 4.19. The number of rotatable bonds is 7. The molecule has 7 nitrogen and oxygen atoms in total. The summed E-state index contributed by atoms with van der Waals surface area (Å²) in [6.45, 7) is 2.29. The van der Waals surface area contributed by atoms with E-state index in [0.29, 0.717) is 6.42 Å². The molecular formula is C10H20N4O3S. The van der Waals surface area contributed by atoms with Gasteiger partial charge in [0.05, 0.1) is 0 Å². The minimum atomic E-state index is -3.63. The third-order valence-electron chi connectivity index (χ3n) is 2.79. The number of hydrogen-bond donors (Lipinski definition) is 3. The molecule has 1 aromatic rings. The Bertz CT molecular complexity index is 483. The Labute approximate surface area is 107 Å².